The minimum atomic E-state index is -1.46. The summed E-state index contributed by atoms with van der Waals surface area (Å²) in [5, 5.41) is 18.8. The van der Waals surface area contributed by atoms with Crippen LogP contribution in [0.4, 0.5) is 4.79 Å². The highest BCUT2D eigenvalue weighted by Crippen LogP contribution is 2.39. The van der Waals surface area contributed by atoms with E-state index < -0.39 is 6.16 Å². The number of carboxylic acid groups (broad SMARTS) is 1. The standard InChI is InChI=1S/C17H26O5/c1-3-5-6-7-8-9-10-13-11-12-14(22-17(19)20)15(18)16(13)21-4-2/h11-12,18H,3-10H2,1-2H3,(H,19,20). The molecule has 5 heteroatoms. The molecule has 0 aromatic heterocycles. The van der Waals surface area contributed by atoms with Crippen molar-refractivity contribution in [2.75, 3.05) is 6.61 Å². The van der Waals surface area contributed by atoms with E-state index in [0.29, 0.717) is 12.4 Å². The molecule has 1 aromatic carbocycles. The van der Waals surface area contributed by atoms with Crippen molar-refractivity contribution in [1.82, 2.24) is 0 Å². The fourth-order valence-electron chi connectivity index (χ4n) is 2.37. The van der Waals surface area contributed by atoms with E-state index in [9.17, 15) is 9.90 Å². The van der Waals surface area contributed by atoms with Crippen molar-refractivity contribution < 1.29 is 24.5 Å². The highest BCUT2D eigenvalue weighted by atomic mass is 16.7. The van der Waals surface area contributed by atoms with Gasteiger partial charge in [0.05, 0.1) is 6.61 Å². The molecular formula is C17H26O5. The molecule has 5 nitrogen and oxygen atoms in total. The lowest BCUT2D eigenvalue weighted by Gasteiger charge is -2.14. The molecular weight excluding hydrogens is 284 g/mol. The quantitative estimate of drug-likeness (QED) is 0.370. The van der Waals surface area contributed by atoms with Crippen LogP contribution in [-0.4, -0.2) is 23.0 Å². The fraction of sp³-hybridized carbons (Fsp3) is 0.588. The molecule has 2 N–H and O–H groups in total. The normalized spacial score (nSPS) is 10.5. The van der Waals surface area contributed by atoms with E-state index in [-0.39, 0.29) is 11.5 Å². The number of carbonyl (C=O) groups is 1. The molecule has 0 unspecified atom stereocenters. The van der Waals surface area contributed by atoms with E-state index in [4.69, 9.17) is 9.84 Å². The summed E-state index contributed by atoms with van der Waals surface area (Å²) in [6.45, 7) is 4.41. The maximum atomic E-state index is 10.6. The molecule has 0 radical (unpaired) electrons. The van der Waals surface area contributed by atoms with Crippen LogP contribution in [0.2, 0.25) is 0 Å². The number of rotatable bonds is 10. The van der Waals surface area contributed by atoms with E-state index in [0.717, 1.165) is 24.8 Å². The third-order valence-corrected chi connectivity index (χ3v) is 3.46. The number of aryl methyl sites for hydroxylation is 1. The van der Waals surface area contributed by atoms with Gasteiger partial charge in [-0.1, -0.05) is 45.1 Å². The summed E-state index contributed by atoms with van der Waals surface area (Å²) in [5.74, 6) is -0.00909. The number of ether oxygens (including phenoxy) is 2. The summed E-state index contributed by atoms with van der Waals surface area (Å²) < 4.78 is 10.0. The van der Waals surface area contributed by atoms with E-state index in [2.05, 4.69) is 11.7 Å². The molecule has 0 aliphatic heterocycles. The number of benzene rings is 1. The Bertz CT molecular complexity index is 470. The van der Waals surface area contributed by atoms with Crippen molar-refractivity contribution in [3.63, 3.8) is 0 Å². The lowest BCUT2D eigenvalue weighted by atomic mass is 10.0. The number of unbranched alkanes of at least 4 members (excludes halogenated alkanes) is 5. The maximum absolute atomic E-state index is 10.6. The van der Waals surface area contributed by atoms with Gasteiger partial charge in [-0.3, -0.25) is 0 Å². The molecule has 0 amide bonds. The summed E-state index contributed by atoms with van der Waals surface area (Å²) in [6, 6.07) is 3.23. The second-order valence-electron chi connectivity index (χ2n) is 5.22. The summed E-state index contributed by atoms with van der Waals surface area (Å²) >= 11 is 0. The maximum Gasteiger partial charge on any atom is 0.511 e. The van der Waals surface area contributed by atoms with Crippen molar-refractivity contribution in [2.24, 2.45) is 0 Å². The Kier molecular flexibility index (Phi) is 8.18. The summed E-state index contributed by atoms with van der Waals surface area (Å²) in [4.78, 5) is 10.6. The predicted octanol–water partition coefficient (Wildman–Crippen LogP) is 4.75. The monoisotopic (exact) mass is 310 g/mol. The van der Waals surface area contributed by atoms with Gasteiger partial charge in [0.2, 0.25) is 5.75 Å². The van der Waals surface area contributed by atoms with Crippen molar-refractivity contribution in [1.29, 1.82) is 0 Å². The SMILES string of the molecule is CCCCCCCCc1ccc(OC(=O)O)c(O)c1OCC. The Balaban J connectivity index is 2.68. The smallest absolute Gasteiger partial charge is 0.502 e. The van der Waals surface area contributed by atoms with Crippen LogP contribution in [0.3, 0.4) is 0 Å². The van der Waals surface area contributed by atoms with Crippen molar-refractivity contribution >= 4 is 6.16 Å². The van der Waals surface area contributed by atoms with Gasteiger partial charge in [0, 0.05) is 0 Å². The summed E-state index contributed by atoms with van der Waals surface area (Å²) in [7, 11) is 0. The highest BCUT2D eigenvalue weighted by Gasteiger charge is 2.16. The zero-order valence-corrected chi connectivity index (χ0v) is 13.4. The van der Waals surface area contributed by atoms with E-state index in [1.165, 1.54) is 31.7 Å². The number of phenols is 1. The molecule has 0 bridgehead atoms. The van der Waals surface area contributed by atoms with Gasteiger partial charge in [-0.25, -0.2) is 4.79 Å². The van der Waals surface area contributed by atoms with Gasteiger partial charge in [-0.2, -0.15) is 0 Å². The van der Waals surface area contributed by atoms with Gasteiger partial charge in [0.1, 0.15) is 0 Å². The van der Waals surface area contributed by atoms with Crippen LogP contribution < -0.4 is 9.47 Å². The third kappa shape index (κ3) is 5.84. The van der Waals surface area contributed by atoms with Crippen LogP contribution in [0.5, 0.6) is 17.2 Å². The van der Waals surface area contributed by atoms with Crippen molar-refractivity contribution in [3.8, 4) is 17.2 Å². The van der Waals surface area contributed by atoms with Crippen LogP contribution in [0, 0.1) is 0 Å². The molecule has 0 aliphatic carbocycles. The first-order chi connectivity index (χ1) is 10.6. The lowest BCUT2D eigenvalue weighted by molar-refractivity contribution is 0.142. The molecule has 0 fully saturated rings. The van der Waals surface area contributed by atoms with Gasteiger partial charge in [0.15, 0.2) is 11.5 Å². The molecule has 0 saturated heterocycles. The molecule has 22 heavy (non-hydrogen) atoms. The minimum Gasteiger partial charge on any atom is -0.502 e. The van der Waals surface area contributed by atoms with Crippen LogP contribution in [-0.2, 0) is 6.42 Å². The van der Waals surface area contributed by atoms with Crippen molar-refractivity contribution in [3.05, 3.63) is 17.7 Å². The van der Waals surface area contributed by atoms with Gasteiger partial charge in [-0.15, -0.1) is 0 Å². The first kappa shape index (κ1) is 18.1. The van der Waals surface area contributed by atoms with Gasteiger partial charge >= 0.3 is 6.16 Å². The van der Waals surface area contributed by atoms with Crippen molar-refractivity contribution in [2.45, 2.75) is 58.8 Å². The van der Waals surface area contributed by atoms with E-state index in [1.807, 2.05) is 6.92 Å². The first-order valence-electron chi connectivity index (χ1n) is 7.98. The molecule has 0 saturated carbocycles. The number of aromatic hydroxyl groups is 1. The second-order valence-corrected chi connectivity index (χ2v) is 5.22. The topological polar surface area (TPSA) is 76.0 Å². The van der Waals surface area contributed by atoms with Gasteiger partial charge in [-0.05, 0) is 31.4 Å². The van der Waals surface area contributed by atoms with Crippen LogP contribution in [0.1, 0.15) is 57.9 Å². The molecule has 1 aromatic rings. The van der Waals surface area contributed by atoms with E-state index in [1.54, 1.807) is 6.07 Å². The van der Waals surface area contributed by atoms with Gasteiger partial charge < -0.3 is 19.7 Å². The molecule has 0 atom stereocenters. The Morgan fingerprint density at radius 1 is 1.09 bits per heavy atom. The highest BCUT2D eigenvalue weighted by molar-refractivity contribution is 5.65. The third-order valence-electron chi connectivity index (χ3n) is 3.46. The Labute approximate surface area is 131 Å². The zero-order chi connectivity index (χ0) is 16.4. The minimum absolute atomic E-state index is 0.0948. The zero-order valence-electron chi connectivity index (χ0n) is 13.4. The molecule has 0 heterocycles. The Morgan fingerprint density at radius 3 is 2.41 bits per heavy atom. The molecule has 0 aliphatic rings. The molecule has 1 rings (SSSR count). The Morgan fingerprint density at radius 2 is 1.77 bits per heavy atom. The molecule has 0 spiro atoms. The predicted molar refractivity (Wildman–Crippen MR) is 85.0 cm³/mol. The van der Waals surface area contributed by atoms with Crippen LogP contribution >= 0.6 is 0 Å². The summed E-state index contributed by atoms with van der Waals surface area (Å²) in [5.41, 5.74) is 0.882. The van der Waals surface area contributed by atoms with Gasteiger partial charge in [0.25, 0.3) is 0 Å². The average Bonchev–Trinajstić information content (AvgIpc) is 2.48. The van der Waals surface area contributed by atoms with Crippen LogP contribution in [0.15, 0.2) is 12.1 Å². The molecule has 124 valence electrons. The second kappa shape index (κ2) is 9.92. The number of hydrogen-bond acceptors (Lipinski definition) is 4. The van der Waals surface area contributed by atoms with E-state index >= 15 is 0 Å². The number of hydrogen-bond donors (Lipinski definition) is 2. The number of phenolic OH excluding ortho intramolecular Hbond substituents is 1. The largest absolute Gasteiger partial charge is 0.511 e. The van der Waals surface area contributed by atoms with Crippen LogP contribution in [0.25, 0.3) is 0 Å². The Hall–Kier alpha value is -1.91. The first-order valence-corrected chi connectivity index (χ1v) is 7.98. The lowest BCUT2D eigenvalue weighted by Crippen LogP contribution is -2.05. The average molecular weight is 310 g/mol. The summed E-state index contributed by atoms with van der Waals surface area (Å²) in [6.07, 6.45) is 6.46. The fourth-order valence-corrected chi connectivity index (χ4v) is 2.37.